The third kappa shape index (κ3) is 13.3. The smallest absolute Gasteiger partial charge is 0.251 e. The summed E-state index contributed by atoms with van der Waals surface area (Å²) in [4.78, 5) is 42.8. The summed E-state index contributed by atoms with van der Waals surface area (Å²) < 4.78 is 35.3. The van der Waals surface area contributed by atoms with E-state index in [9.17, 15) is 18.4 Å². The molecule has 2 fully saturated rings. The summed E-state index contributed by atoms with van der Waals surface area (Å²) in [6.45, 7) is 11.9. The molecule has 4 aromatic carbocycles. The summed E-state index contributed by atoms with van der Waals surface area (Å²) in [5, 5.41) is 8.46. The normalized spacial score (nSPS) is 14.6. The monoisotopic (exact) mass is 898 g/mol. The Kier molecular flexibility index (Phi) is 15.9. The molecule has 0 aliphatic carbocycles. The molecule has 0 saturated carbocycles. The second kappa shape index (κ2) is 22.1. The molecular formula is C45H49ClF2N10O2S2. The summed E-state index contributed by atoms with van der Waals surface area (Å²) in [6, 6.07) is 27.6. The molecule has 0 unspecified atom stereocenters. The number of anilines is 2. The van der Waals surface area contributed by atoms with Gasteiger partial charge in [0.2, 0.25) is 10.3 Å². The highest BCUT2D eigenvalue weighted by molar-refractivity contribution is 7.10. The van der Waals surface area contributed by atoms with E-state index in [4.69, 9.17) is 16.6 Å². The van der Waals surface area contributed by atoms with E-state index in [1.807, 2.05) is 55.5 Å². The van der Waals surface area contributed by atoms with Crippen LogP contribution in [-0.2, 0) is 12.8 Å². The van der Waals surface area contributed by atoms with Crippen molar-refractivity contribution in [3.8, 4) is 0 Å². The van der Waals surface area contributed by atoms with E-state index in [-0.39, 0.29) is 17.6 Å². The number of piperazine rings is 2. The summed E-state index contributed by atoms with van der Waals surface area (Å²) in [6.07, 6.45) is 1.30. The maximum Gasteiger partial charge on any atom is 0.251 e. The van der Waals surface area contributed by atoms with Crippen molar-refractivity contribution in [1.29, 1.82) is 0 Å². The van der Waals surface area contributed by atoms with Gasteiger partial charge in [-0.1, -0.05) is 59.6 Å². The molecule has 0 atom stereocenters. The fourth-order valence-corrected chi connectivity index (χ4v) is 8.58. The number of carbonyl (C=O) groups excluding carboxylic acids is 2. The molecular weight excluding hydrogens is 850 g/mol. The quantitative estimate of drug-likeness (QED) is 0.124. The van der Waals surface area contributed by atoms with Crippen LogP contribution in [0.25, 0.3) is 0 Å². The first-order valence-corrected chi connectivity index (χ1v) is 22.5. The van der Waals surface area contributed by atoms with Gasteiger partial charge in [0.15, 0.2) is 0 Å². The lowest BCUT2D eigenvalue weighted by Gasteiger charge is -2.34. The van der Waals surface area contributed by atoms with Crippen molar-refractivity contribution < 1.29 is 18.4 Å². The second-order valence-electron chi connectivity index (χ2n) is 15.1. The Hall–Kier alpha value is -5.39. The topological polar surface area (TPSA) is 123 Å². The molecule has 62 heavy (non-hydrogen) atoms. The Morgan fingerprint density at radius 1 is 0.613 bits per heavy atom. The number of aromatic nitrogens is 4. The van der Waals surface area contributed by atoms with Gasteiger partial charge < -0.3 is 20.4 Å². The molecule has 0 bridgehead atoms. The van der Waals surface area contributed by atoms with Crippen LogP contribution in [0, 0.1) is 18.6 Å². The van der Waals surface area contributed by atoms with Crippen LogP contribution >= 0.6 is 34.7 Å². The van der Waals surface area contributed by atoms with Gasteiger partial charge in [-0.25, -0.2) is 18.7 Å². The molecule has 6 aromatic rings. The van der Waals surface area contributed by atoms with Crippen LogP contribution in [0.2, 0.25) is 5.02 Å². The molecule has 0 spiro atoms. The summed E-state index contributed by atoms with van der Waals surface area (Å²) >= 11 is 8.79. The first-order chi connectivity index (χ1) is 30.1. The molecule has 8 rings (SSSR count). The first-order valence-electron chi connectivity index (χ1n) is 20.6. The lowest BCUT2D eigenvalue weighted by molar-refractivity contribution is 0.0939. The van der Waals surface area contributed by atoms with Crippen LogP contribution < -0.4 is 20.4 Å². The molecule has 2 N–H and O–H groups in total. The summed E-state index contributed by atoms with van der Waals surface area (Å²) in [5.74, 6) is 0.680. The molecule has 4 heterocycles. The van der Waals surface area contributed by atoms with Crippen LogP contribution in [0.4, 0.5) is 19.0 Å². The maximum absolute atomic E-state index is 13.2. The van der Waals surface area contributed by atoms with E-state index in [2.05, 4.69) is 44.0 Å². The highest BCUT2D eigenvalue weighted by Gasteiger charge is 2.22. The van der Waals surface area contributed by atoms with Crippen LogP contribution in [0.3, 0.4) is 0 Å². The van der Waals surface area contributed by atoms with Gasteiger partial charge in [-0.3, -0.25) is 19.4 Å². The van der Waals surface area contributed by atoms with Gasteiger partial charge in [0, 0.05) is 131 Å². The molecule has 2 amide bonds. The number of hydrogen-bond acceptors (Lipinski definition) is 12. The minimum atomic E-state index is -0.406. The minimum absolute atomic E-state index is 0.0267. The number of hydrogen-bond donors (Lipinski definition) is 2. The Bertz CT molecular complexity index is 2350. The fourth-order valence-electron chi connectivity index (χ4n) is 6.98. The average Bonchev–Trinajstić information content (AvgIpc) is 3.96. The third-order valence-corrected chi connectivity index (χ3v) is 12.5. The first kappa shape index (κ1) is 44.7. The minimum Gasteiger partial charge on any atom is -0.351 e. The molecule has 17 heteroatoms. The Balaban J connectivity index is 0.000000186. The number of aryl methyl sites for hydroxylation is 1. The van der Waals surface area contributed by atoms with Crippen molar-refractivity contribution in [2.75, 3.05) is 88.3 Å². The van der Waals surface area contributed by atoms with Crippen LogP contribution in [0.5, 0.6) is 0 Å². The number of amides is 2. The van der Waals surface area contributed by atoms with Crippen molar-refractivity contribution in [2.24, 2.45) is 0 Å². The summed E-state index contributed by atoms with van der Waals surface area (Å²) in [7, 11) is 0. The van der Waals surface area contributed by atoms with Crippen molar-refractivity contribution in [3.05, 3.63) is 153 Å². The standard InChI is InChI=1S/C23H26FN5OS.C22H23ClFN5OS/c1-17-2-6-19(7-3-17)22(30)25-10-11-28-12-14-29(15-13-28)23-26-21(27-31-23)16-18-4-8-20(24)9-5-18;23-18-6-4-16(5-7-18)14-20-26-22(31-27-20)29-12-10-28(11-13-29)9-8-25-21(30)17-2-1-3-19(24)15-17/h2-9H,10-16H2,1H3,(H,25,30);1-7,15H,8-14H2,(H,25,30). The van der Waals surface area contributed by atoms with E-state index < -0.39 is 5.82 Å². The predicted molar refractivity (Wildman–Crippen MR) is 243 cm³/mol. The Morgan fingerprint density at radius 3 is 1.60 bits per heavy atom. The maximum atomic E-state index is 13.2. The van der Waals surface area contributed by atoms with Crippen molar-refractivity contribution in [2.45, 2.75) is 19.8 Å². The van der Waals surface area contributed by atoms with Gasteiger partial charge >= 0.3 is 0 Å². The van der Waals surface area contributed by atoms with Gasteiger partial charge in [0.05, 0.1) is 0 Å². The largest absolute Gasteiger partial charge is 0.351 e. The number of benzene rings is 4. The highest BCUT2D eigenvalue weighted by atomic mass is 35.5. The molecule has 324 valence electrons. The Labute approximate surface area is 373 Å². The van der Waals surface area contributed by atoms with Gasteiger partial charge in [0.1, 0.15) is 23.3 Å². The Morgan fingerprint density at radius 2 is 1.10 bits per heavy atom. The fraction of sp³-hybridized carbons (Fsp3) is 0.333. The van der Waals surface area contributed by atoms with Crippen LogP contribution in [0.1, 0.15) is 49.1 Å². The van der Waals surface area contributed by atoms with Crippen molar-refractivity contribution >= 4 is 56.7 Å². The van der Waals surface area contributed by atoms with E-state index in [1.54, 1.807) is 18.2 Å². The number of nitrogens with one attached hydrogen (secondary N) is 2. The lowest BCUT2D eigenvalue weighted by Crippen LogP contribution is -2.48. The molecule has 0 radical (unpaired) electrons. The zero-order valence-electron chi connectivity index (χ0n) is 34.5. The molecule has 2 aromatic heterocycles. The second-order valence-corrected chi connectivity index (χ2v) is 17.0. The van der Waals surface area contributed by atoms with Crippen LogP contribution in [-0.4, -0.2) is 119 Å². The van der Waals surface area contributed by atoms with E-state index in [0.29, 0.717) is 37.1 Å². The third-order valence-electron chi connectivity index (χ3n) is 10.6. The summed E-state index contributed by atoms with van der Waals surface area (Å²) in [5.41, 5.74) is 4.33. The highest BCUT2D eigenvalue weighted by Crippen LogP contribution is 2.22. The predicted octanol–water partition coefficient (Wildman–Crippen LogP) is 6.60. The van der Waals surface area contributed by atoms with Gasteiger partial charge in [-0.15, -0.1) is 0 Å². The molecule has 12 nitrogen and oxygen atoms in total. The molecule has 2 aliphatic rings. The van der Waals surface area contributed by atoms with E-state index >= 15 is 0 Å². The van der Waals surface area contributed by atoms with Gasteiger partial charge in [-0.2, -0.15) is 8.75 Å². The number of nitrogens with zero attached hydrogens (tertiary/aromatic N) is 8. The van der Waals surface area contributed by atoms with Crippen molar-refractivity contribution in [3.63, 3.8) is 0 Å². The zero-order chi connectivity index (χ0) is 43.3. The lowest BCUT2D eigenvalue weighted by atomic mass is 10.1. The average molecular weight is 900 g/mol. The number of rotatable bonds is 14. The van der Waals surface area contributed by atoms with E-state index in [0.717, 1.165) is 109 Å². The molecule has 2 aliphatic heterocycles. The van der Waals surface area contributed by atoms with Gasteiger partial charge in [-0.05, 0) is 72.6 Å². The SMILES string of the molecule is Cc1ccc(C(=O)NCCN2CCN(c3nc(Cc4ccc(F)cc4)ns3)CC2)cc1.O=C(NCCN1CCN(c2nc(Cc3ccc(Cl)cc3)ns2)CC1)c1cccc(F)c1. The number of halogens is 3. The van der Waals surface area contributed by atoms with Crippen LogP contribution in [0.15, 0.2) is 97.1 Å². The van der Waals surface area contributed by atoms with E-state index in [1.165, 1.54) is 53.4 Å². The molecule has 2 saturated heterocycles. The van der Waals surface area contributed by atoms with Crippen molar-refractivity contribution in [1.82, 2.24) is 39.1 Å². The van der Waals surface area contributed by atoms with Gasteiger partial charge in [0.25, 0.3) is 11.8 Å². The number of carbonyl (C=O) groups is 2. The zero-order valence-corrected chi connectivity index (χ0v) is 36.9.